The highest BCUT2D eigenvalue weighted by molar-refractivity contribution is 5.92. The van der Waals surface area contributed by atoms with Crippen molar-refractivity contribution < 1.29 is 24.2 Å². The van der Waals surface area contributed by atoms with Crippen LogP contribution in [-0.4, -0.2) is 22.2 Å². The molecule has 0 spiro atoms. The van der Waals surface area contributed by atoms with Gasteiger partial charge in [0, 0.05) is 11.1 Å². The van der Waals surface area contributed by atoms with Crippen LogP contribution in [0.5, 0.6) is 0 Å². The summed E-state index contributed by atoms with van der Waals surface area (Å²) < 4.78 is 5.48. The third kappa shape index (κ3) is 9.08. The van der Waals surface area contributed by atoms with Crippen molar-refractivity contribution in [3.05, 3.63) is 22.6 Å². The van der Waals surface area contributed by atoms with Crippen molar-refractivity contribution in [1.29, 1.82) is 0 Å². The van der Waals surface area contributed by atoms with Crippen LogP contribution in [0.1, 0.15) is 137 Å². The van der Waals surface area contributed by atoms with Crippen molar-refractivity contribution in [2.75, 3.05) is 0 Å². The molecule has 0 fully saturated rings. The second-order valence-electron chi connectivity index (χ2n) is 9.04. The molecule has 0 aliphatic heterocycles. The SMILES string of the molecule is CCCCCC(CCC)Cc1c(C(=O)O)oc(C(=O)O)c1CC(CCC)CCCCC. The third-order valence-corrected chi connectivity index (χ3v) is 6.32. The van der Waals surface area contributed by atoms with Crippen molar-refractivity contribution in [1.82, 2.24) is 0 Å². The van der Waals surface area contributed by atoms with Gasteiger partial charge in [-0.1, -0.05) is 105 Å². The van der Waals surface area contributed by atoms with E-state index in [-0.39, 0.29) is 11.5 Å². The molecule has 0 bridgehead atoms. The van der Waals surface area contributed by atoms with Gasteiger partial charge in [-0.05, 0) is 24.7 Å². The van der Waals surface area contributed by atoms with E-state index >= 15 is 0 Å². The van der Waals surface area contributed by atoms with E-state index in [2.05, 4.69) is 27.7 Å². The lowest BCUT2D eigenvalue weighted by molar-refractivity contribution is 0.0630. The average molecular weight is 437 g/mol. The highest BCUT2D eigenvalue weighted by Crippen LogP contribution is 2.33. The zero-order valence-corrected chi connectivity index (χ0v) is 20.2. The van der Waals surface area contributed by atoms with Gasteiger partial charge >= 0.3 is 11.9 Å². The number of hydrogen-bond acceptors (Lipinski definition) is 3. The van der Waals surface area contributed by atoms with Crippen LogP contribution >= 0.6 is 0 Å². The van der Waals surface area contributed by atoms with Gasteiger partial charge in [0.15, 0.2) is 0 Å². The van der Waals surface area contributed by atoms with E-state index in [1.54, 1.807) is 0 Å². The first kappa shape index (κ1) is 27.3. The highest BCUT2D eigenvalue weighted by Gasteiger charge is 2.30. The molecule has 0 amide bonds. The normalized spacial score (nSPS) is 13.3. The Morgan fingerprint density at radius 1 is 0.645 bits per heavy atom. The summed E-state index contributed by atoms with van der Waals surface area (Å²) in [5.74, 6) is -1.92. The molecule has 1 heterocycles. The molecule has 2 atom stereocenters. The monoisotopic (exact) mass is 436 g/mol. The molecule has 5 heteroatoms. The molecule has 0 aliphatic rings. The quantitative estimate of drug-likeness (QED) is 0.230. The van der Waals surface area contributed by atoms with Gasteiger partial charge < -0.3 is 14.6 Å². The van der Waals surface area contributed by atoms with Gasteiger partial charge in [-0.25, -0.2) is 9.59 Å². The van der Waals surface area contributed by atoms with E-state index in [0.717, 1.165) is 64.2 Å². The molecule has 1 rings (SSSR count). The Hall–Kier alpha value is -1.78. The number of hydrogen-bond donors (Lipinski definition) is 2. The number of furan rings is 1. The lowest BCUT2D eigenvalue weighted by Crippen LogP contribution is -2.13. The van der Waals surface area contributed by atoms with Crippen molar-refractivity contribution in [3.63, 3.8) is 0 Å². The summed E-state index contributed by atoms with van der Waals surface area (Å²) in [5, 5.41) is 19.5. The molecule has 2 unspecified atom stereocenters. The maximum atomic E-state index is 11.9. The summed E-state index contributed by atoms with van der Waals surface area (Å²) in [6.07, 6.45) is 14.3. The number of rotatable bonds is 18. The van der Waals surface area contributed by atoms with Crippen LogP contribution in [0, 0.1) is 11.8 Å². The molecule has 0 radical (unpaired) electrons. The van der Waals surface area contributed by atoms with Crippen molar-refractivity contribution >= 4 is 11.9 Å². The molecule has 0 saturated heterocycles. The van der Waals surface area contributed by atoms with Crippen LogP contribution in [0.25, 0.3) is 0 Å². The van der Waals surface area contributed by atoms with Crippen LogP contribution < -0.4 is 0 Å². The lowest BCUT2D eigenvalue weighted by atomic mass is 9.84. The van der Waals surface area contributed by atoms with E-state index in [9.17, 15) is 19.8 Å². The minimum Gasteiger partial charge on any atom is -0.475 e. The average Bonchev–Trinajstić information content (AvgIpc) is 3.07. The Morgan fingerprint density at radius 2 is 1.03 bits per heavy atom. The van der Waals surface area contributed by atoms with E-state index in [1.807, 2.05) is 0 Å². The Morgan fingerprint density at radius 3 is 1.32 bits per heavy atom. The number of carboxylic acids is 2. The summed E-state index contributed by atoms with van der Waals surface area (Å²) in [4.78, 5) is 23.9. The van der Waals surface area contributed by atoms with Gasteiger partial charge in [0.2, 0.25) is 11.5 Å². The molecular weight excluding hydrogens is 392 g/mol. The fourth-order valence-corrected chi connectivity index (χ4v) is 4.73. The third-order valence-electron chi connectivity index (χ3n) is 6.32. The number of aromatic carboxylic acids is 2. The maximum Gasteiger partial charge on any atom is 0.372 e. The molecule has 0 aliphatic carbocycles. The first-order valence-corrected chi connectivity index (χ1v) is 12.5. The summed E-state index contributed by atoms with van der Waals surface area (Å²) in [7, 11) is 0. The predicted molar refractivity (Wildman–Crippen MR) is 125 cm³/mol. The topological polar surface area (TPSA) is 87.7 Å². The van der Waals surface area contributed by atoms with Crippen molar-refractivity contribution in [2.45, 2.75) is 118 Å². The van der Waals surface area contributed by atoms with Crippen LogP contribution in [-0.2, 0) is 12.8 Å². The first-order valence-electron chi connectivity index (χ1n) is 12.5. The molecule has 31 heavy (non-hydrogen) atoms. The number of unbranched alkanes of at least 4 members (excludes halogenated alkanes) is 4. The number of carbonyl (C=O) groups is 2. The predicted octanol–water partition coefficient (Wildman–Crippen LogP) is 7.75. The smallest absolute Gasteiger partial charge is 0.372 e. The van der Waals surface area contributed by atoms with Crippen molar-refractivity contribution in [2.24, 2.45) is 11.8 Å². The van der Waals surface area contributed by atoms with Crippen LogP contribution in [0.15, 0.2) is 4.42 Å². The summed E-state index contributed by atoms with van der Waals surface area (Å²) in [6.45, 7) is 8.65. The Bertz CT molecular complexity index is 606. The van der Waals surface area contributed by atoms with Gasteiger partial charge in [-0.15, -0.1) is 0 Å². The Balaban J connectivity index is 3.28. The van der Waals surface area contributed by atoms with E-state index < -0.39 is 11.9 Å². The fraction of sp³-hybridized carbons (Fsp3) is 0.769. The van der Waals surface area contributed by atoms with Gasteiger partial charge in [0.25, 0.3) is 0 Å². The van der Waals surface area contributed by atoms with E-state index in [1.165, 1.54) is 12.8 Å². The minimum atomic E-state index is -1.16. The summed E-state index contributed by atoms with van der Waals surface area (Å²) in [6, 6.07) is 0. The Kier molecular flexibility index (Phi) is 13.3. The molecular formula is C26H44O5. The van der Waals surface area contributed by atoms with Gasteiger partial charge in [0.05, 0.1) is 0 Å². The first-order chi connectivity index (χ1) is 14.9. The second kappa shape index (κ2) is 15.1. The van der Waals surface area contributed by atoms with Crippen LogP contribution in [0.2, 0.25) is 0 Å². The molecule has 1 aromatic heterocycles. The molecule has 178 valence electrons. The zero-order valence-electron chi connectivity index (χ0n) is 20.2. The van der Waals surface area contributed by atoms with E-state index in [4.69, 9.17) is 4.42 Å². The fourth-order valence-electron chi connectivity index (χ4n) is 4.73. The zero-order chi connectivity index (χ0) is 23.2. The lowest BCUT2D eigenvalue weighted by Gasteiger charge is -2.19. The van der Waals surface area contributed by atoms with E-state index in [0.29, 0.717) is 35.8 Å². The standard InChI is InChI=1S/C26H44O5/c1-5-9-11-15-19(13-7-3)17-21-22(18-20(14-8-4)16-12-10-6-2)24(26(29)30)31-23(21)25(27)28/h19-20H,5-18H2,1-4H3,(H,27,28)(H,29,30). The van der Waals surface area contributed by atoms with Crippen molar-refractivity contribution in [3.8, 4) is 0 Å². The van der Waals surface area contributed by atoms with Gasteiger partial charge in [0.1, 0.15) is 0 Å². The van der Waals surface area contributed by atoms with Gasteiger partial charge in [-0.2, -0.15) is 0 Å². The largest absolute Gasteiger partial charge is 0.475 e. The minimum absolute atomic E-state index is 0.159. The molecule has 0 aromatic carbocycles. The van der Waals surface area contributed by atoms with Gasteiger partial charge in [-0.3, -0.25) is 0 Å². The summed E-state index contributed by atoms with van der Waals surface area (Å²) in [5.41, 5.74) is 1.27. The van der Waals surface area contributed by atoms with Crippen LogP contribution in [0.3, 0.4) is 0 Å². The summed E-state index contributed by atoms with van der Waals surface area (Å²) >= 11 is 0. The maximum absolute atomic E-state index is 11.9. The molecule has 2 N–H and O–H groups in total. The second-order valence-corrected chi connectivity index (χ2v) is 9.04. The van der Waals surface area contributed by atoms with Crippen LogP contribution in [0.4, 0.5) is 0 Å². The number of carboxylic acid groups (broad SMARTS) is 2. The molecule has 1 aromatic rings. The Labute approximate surface area is 188 Å². The molecule has 5 nitrogen and oxygen atoms in total. The molecule has 0 saturated carbocycles. The highest BCUT2D eigenvalue weighted by atomic mass is 16.4.